The van der Waals surface area contributed by atoms with Gasteiger partial charge in [0, 0.05) is 11.8 Å². The van der Waals surface area contributed by atoms with E-state index in [1.165, 1.54) is 7.11 Å². The average molecular weight is 208 g/mol. The van der Waals surface area contributed by atoms with Crippen LogP contribution in [0.5, 0.6) is 0 Å². The second-order valence-corrected chi connectivity index (χ2v) is 5.52. The van der Waals surface area contributed by atoms with E-state index >= 15 is 0 Å². The highest BCUT2D eigenvalue weighted by molar-refractivity contribution is 5.89. The van der Waals surface area contributed by atoms with E-state index in [1.807, 2.05) is 0 Å². The molecule has 4 rings (SSSR count). The van der Waals surface area contributed by atoms with Crippen molar-refractivity contribution in [1.82, 2.24) is 0 Å². The second-order valence-electron chi connectivity index (χ2n) is 5.52. The number of esters is 1. The van der Waals surface area contributed by atoms with E-state index in [0.717, 1.165) is 32.1 Å². The fourth-order valence-corrected chi connectivity index (χ4v) is 4.21. The number of hydrogen-bond donors (Lipinski definition) is 0. The van der Waals surface area contributed by atoms with E-state index in [9.17, 15) is 9.59 Å². The highest BCUT2D eigenvalue weighted by Crippen LogP contribution is 2.58. The van der Waals surface area contributed by atoms with Crippen LogP contribution in [0.1, 0.15) is 32.1 Å². The quantitative estimate of drug-likeness (QED) is 0.614. The number of ether oxygens (including phenoxy) is 1. The lowest BCUT2D eigenvalue weighted by Crippen LogP contribution is -2.54. The minimum atomic E-state index is -0.293. The molecule has 0 radical (unpaired) electrons. The van der Waals surface area contributed by atoms with Gasteiger partial charge in [-0.25, -0.2) is 0 Å². The Balaban J connectivity index is 1.95. The van der Waals surface area contributed by atoms with Gasteiger partial charge >= 0.3 is 5.97 Å². The van der Waals surface area contributed by atoms with Gasteiger partial charge in [0.2, 0.25) is 0 Å². The van der Waals surface area contributed by atoms with Crippen LogP contribution in [0.25, 0.3) is 0 Å². The van der Waals surface area contributed by atoms with E-state index in [-0.39, 0.29) is 23.2 Å². The Hall–Kier alpha value is -0.860. The molecule has 4 saturated carbocycles. The molecule has 0 aromatic heterocycles. The van der Waals surface area contributed by atoms with Crippen molar-refractivity contribution in [3.63, 3.8) is 0 Å². The first kappa shape index (κ1) is 9.37. The van der Waals surface area contributed by atoms with Gasteiger partial charge in [-0.3, -0.25) is 9.59 Å². The van der Waals surface area contributed by atoms with Crippen molar-refractivity contribution < 1.29 is 14.3 Å². The van der Waals surface area contributed by atoms with Crippen LogP contribution in [0.3, 0.4) is 0 Å². The Bertz CT molecular complexity index is 316. The largest absolute Gasteiger partial charge is 0.469 e. The lowest BCUT2D eigenvalue weighted by Gasteiger charge is -2.53. The molecule has 3 heteroatoms. The van der Waals surface area contributed by atoms with Crippen molar-refractivity contribution >= 4 is 11.8 Å². The fourth-order valence-electron chi connectivity index (χ4n) is 4.21. The van der Waals surface area contributed by atoms with E-state index in [4.69, 9.17) is 4.74 Å². The molecule has 4 aliphatic carbocycles. The van der Waals surface area contributed by atoms with E-state index in [2.05, 4.69) is 0 Å². The number of Topliss-reactive ketones (excluding diaryl/α,β-unsaturated/α-hetero) is 1. The maximum atomic E-state index is 11.9. The van der Waals surface area contributed by atoms with Gasteiger partial charge in [-0.15, -0.1) is 0 Å². The topological polar surface area (TPSA) is 43.4 Å². The third-order valence-electron chi connectivity index (χ3n) is 4.61. The van der Waals surface area contributed by atoms with Crippen LogP contribution in [-0.4, -0.2) is 18.9 Å². The molecule has 0 saturated heterocycles. The number of carbonyl (C=O) groups is 2. The van der Waals surface area contributed by atoms with Gasteiger partial charge in [0.05, 0.1) is 12.5 Å². The van der Waals surface area contributed by atoms with Crippen molar-refractivity contribution in [3.05, 3.63) is 0 Å². The molecule has 15 heavy (non-hydrogen) atoms. The summed E-state index contributed by atoms with van der Waals surface area (Å²) in [4.78, 5) is 23.7. The third-order valence-corrected chi connectivity index (χ3v) is 4.61. The summed E-state index contributed by atoms with van der Waals surface area (Å²) in [6.45, 7) is 0. The lowest BCUT2D eigenvalue weighted by molar-refractivity contribution is -0.172. The Morgan fingerprint density at radius 3 is 2.40 bits per heavy atom. The second kappa shape index (κ2) is 2.83. The summed E-state index contributed by atoms with van der Waals surface area (Å²) in [5.74, 6) is 1.27. The Morgan fingerprint density at radius 2 is 1.87 bits per heavy atom. The molecule has 0 spiro atoms. The summed E-state index contributed by atoms with van der Waals surface area (Å²) in [5, 5.41) is 0. The van der Waals surface area contributed by atoms with Crippen molar-refractivity contribution in [3.8, 4) is 0 Å². The predicted octanol–water partition coefficient (Wildman–Crippen LogP) is 1.55. The summed E-state index contributed by atoms with van der Waals surface area (Å²) < 4.78 is 4.92. The van der Waals surface area contributed by atoms with Gasteiger partial charge in [-0.05, 0) is 38.0 Å². The Labute approximate surface area is 89.2 Å². The van der Waals surface area contributed by atoms with Gasteiger partial charge < -0.3 is 4.74 Å². The smallest absolute Gasteiger partial charge is 0.311 e. The zero-order chi connectivity index (χ0) is 10.6. The van der Waals surface area contributed by atoms with Gasteiger partial charge in [0.1, 0.15) is 5.78 Å². The molecule has 4 fully saturated rings. The van der Waals surface area contributed by atoms with Crippen LogP contribution < -0.4 is 0 Å². The zero-order valence-corrected chi connectivity index (χ0v) is 8.99. The molecule has 0 heterocycles. The summed E-state index contributed by atoms with van der Waals surface area (Å²) in [6.07, 6.45) is 4.51. The summed E-state index contributed by atoms with van der Waals surface area (Å²) in [7, 11) is 1.46. The minimum absolute atomic E-state index is 0.0746. The molecular weight excluding hydrogens is 192 g/mol. The van der Waals surface area contributed by atoms with E-state index < -0.39 is 0 Å². The highest BCUT2D eigenvalue weighted by Gasteiger charge is 2.58. The molecule has 0 amide bonds. The standard InChI is InChI=1S/C12H16O3/c1-15-11(14)12-4-7-2-8(5-12)10(13)9(3-7)6-12/h7-9H,2-6H2,1H3/t7-,8-,9+,12?. The van der Waals surface area contributed by atoms with Gasteiger partial charge in [0.15, 0.2) is 0 Å². The van der Waals surface area contributed by atoms with Gasteiger partial charge in [-0.1, -0.05) is 0 Å². The Morgan fingerprint density at radius 1 is 1.27 bits per heavy atom. The fraction of sp³-hybridized carbons (Fsp3) is 0.833. The molecule has 4 aliphatic rings. The zero-order valence-electron chi connectivity index (χ0n) is 8.99. The lowest BCUT2D eigenvalue weighted by atomic mass is 9.49. The maximum absolute atomic E-state index is 11.9. The predicted molar refractivity (Wildman–Crippen MR) is 53.0 cm³/mol. The van der Waals surface area contributed by atoms with Crippen molar-refractivity contribution in [2.24, 2.45) is 23.2 Å². The molecular formula is C12H16O3. The van der Waals surface area contributed by atoms with Crippen LogP contribution in [0, 0.1) is 23.2 Å². The van der Waals surface area contributed by atoms with Crippen molar-refractivity contribution in [2.45, 2.75) is 32.1 Å². The molecule has 0 N–H and O–H groups in total. The molecule has 0 aromatic rings. The van der Waals surface area contributed by atoms with E-state index in [0.29, 0.717) is 11.7 Å². The SMILES string of the molecule is COC(=O)C12C[C@@H]3C[C@H](C1)C(=O)[C@@H](C3)C2. The molecule has 82 valence electrons. The van der Waals surface area contributed by atoms with Crippen LogP contribution >= 0.6 is 0 Å². The number of hydrogen-bond acceptors (Lipinski definition) is 3. The Kier molecular flexibility index (Phi) is 1.77. The van der Waals surface area contributed by atoms with Gasteiger partial charge in [-0.2, -0.15) is 0 Å². The number of ketones is 1. The monoisotopic (exact) mass is 208 g/mol. The van der Waals surface area contributed by atoms with Crippen LogP contribution in [0.15, 0.2) is 0 Å². The number of rotatable bonds is 1. The number of carbonyl (C=O) groups excluding carboxylic acids is 2. The molecule has 4 atom stereocenters. The van der Waals surface area contributed by atoms with Crippen molar-refractivity contribution in [2.75, 3.05) is 7.11 Å². The summed E-state index contributed by atoms with van der Waals surface area (Å²) >= 11 is 0. The highest BCUT2D eigenvalue weighted by atomic mass is 16.5. The third kappa shape index (κ3) is 1.12. The van der Waals surface area contributed by atoms with E-state index in [1.54, 1.807) is 0 Å². The molecule has 4 bridgehead atoms. The number of methoxy groups -OCH3 is 1. The first-order valence-corrected chi connectivity index (χ1v) is 5.77. The maximum Gasteiger partial charge on any atom is 0.311 e. The van der Waals surface area contributed by atoms with Crippen molar-refractivity contribution in [1.29, 1.82) is 0 Å². The average Bonchev–Trinajstić information content (AvgIpc) is 2.23. The first-order valence-electron chi connectivity index (χ1n) is 5.77. The normalized spacial score (nSPS) is 47.0. The molecule has 3 nitrogen and oxygen atoms in total. The summed E-state index contributed by atoms with van der Waals surface area (Å²) in [6, 6.07) is 0. The van der Waals surface area contributed by atoms with Crippen LogP contribution in [-0.2, 0) is 14.3 Å². The van der Waals surface area contributed by atoms with Crippen LogP contribution in [0.4, 0.5) is 0 Å². The minimum Gasteiger partial charge on any atom is -0.469 e. The van der Waals surface area contributed by atoms with Crippen LogP contribution in [0.2, 0.25) is 0 Å². The van der Waals surface area contributed by atoms with Gasteiger partial charge in [0.25, 0.3) is 0 Å². The summed E-state index contributed by atoms with van der Waals surface area (Å²) in [5.41, 5.74) is -0.293. The first-order chi connectivity index (χ1) is 7.14. The molecule has 1 unspecified atom stereocenters. The molecule has 0 aliphatic heterocycles. The molecule has 0 aromatic carbocycles.